The van der Waals surface area contributed by atoms with E-state index in [0.29, 0.717) is 5.56 Å². The van der Waals surface area contributed by atoms with Gasteiger partial charge in [-0.15, -0.1) is 0 Å². The van der Waals surface area contributed by atoms with Crippen LogP contribution >= 0.6 is 0 Å². The first-order valence-electron chi connectivity index (χ1n) is 6.60. The third kappa shape index (κ3) is 3.12. The maximum Gasteiger partial charge on any atom is 0.336 e. The molecule has 0 aliphatic heterocycles. The van der Waals surface area contributed by atoms with Crippen LogP contribution in [-0.4, -0.2) is 38.6 Å². The molecule has 0 bridgehead atoms. The summed E-state index contributed by atoms with van der Waals surface area (Å²) in [5, 5.41) is 20.5. The van der Waals surface area contributed by atoms with Crippen molar-refractivity contribution in [3.8, 4) is 0 Å². The molecule has 0 radical (unpaired) electrons. The standard InChI is InChI=1S/C15H18N2O4/c1-9(18)12(16)7-15(21,14(19)20)6-10-8-17-13-5-3-2-4-11(10)13/h2-5,8,12,17,21H,6-7,16H2,1H3,(H,19,20)/t12-,15?/m0/s1. The molecule has 1 aromatic heterocycles. The summed E-state index contributed by atoms with van der Waals surface area (Å²) in [5.41, 5.74) is 5.06. The smallest absolute Gasteiger partial charge is 0.336 e. The molecule has 0 aliphatic rings. The van der Waals surface area contributed by atoms with Gasteiger partial charge in [0.2, 0.25) is 0 Å². The van der Waals surface area contributed by atoms with Crippen LogP contribution in [0.25, 0.3) is 10.9 Å². The zero-order valence-electron chi connectivity index (χ0n) is 11.7. The number of carbonyl (C=O) groups excluding carboxylic acids is 1. The molecule has 112 valence electrons. The SMILES string of the molecule is CC(=O)[C@@H](N)CC(O)(Cc1c[nH]c2ccccc12)C(=O)O. The summed E-state index contributed by atoms with van der Waals surface area (Å²) in [5.74, 6) is -1.74. The van der Waals surface area contributed by atoms with Gasteiger partial charge in [0, 0.05) is 29.9 Å². The Hall–Kier alpha value is -2.18. The molecule has 0 amide bonds. The lowest BCUT2D eigenvalue weighted by molar-refractivity contribution is -0.159. The molecular weight excluding hydrogens is 272 g/mol. The summed E-state index contributed by atoms with van der Waals surface area (Å²) in [7, 11) is 0. The monoisotopic (exact) mass is 290 g/mol. The number of aliphatic hydroxyl groups is 1. The van der Waals surface area contributed by atoms with Crippen LogP contribution in [0.3, 0.4) is 0 Å². The van der Waals surface area contributed by atoms with Gasteiger partial charge in [0.15, 0.2) is 5.60 Å². The van der Waals surface area contributed by atoms with Gasteiger partial charge in [-0.3, -0.25) is 4.79 Å². The number of aromatic nitrogens is 1. The number of aliphatic carboxylic acids is 1. The Kier molecular flexibility index (Phi) is 4.11. The first kappa shape index (κ1) is 15.2. The maximum absolute atomic E-state index is 11.4. The van der Waals surface area contributed by atoms with Crippen molar-refractivity contribution in [1.82, 2.24) is 4.98 Å². The quantitative estimate of drug-likeness (QED) is 0.629. The van der Waals surface area contributed by atoms with Crippen molar-refractivity contribution in [3.63, 3.8) is 0 Å². The number of H-pyrrole nitrogens is 1. The van der Waals surface area contributed by atoms with E-state index in [2.05, 4.69) is 4.98 Å². The van der Waals surface area contributed by atoms with Gasteiger partial charge >= 0.3 is 5.97 Å². The van der Waals surface area contributed by atoms with Crippen molar-refractivity contribution in [2.24, 2.45) is 5.73 Å². The van der Waals surface area contributed by atoms with Gasteiger partial charge in [-0.2, -0.15) is 0 Å². The van der Waals surface area contributed by atoms with E-state index in [-0.39, 0.29) is 18.6 Å². The molecule has 2 aromatic rings. The van der Waals surface area contributed by atoms with Crippen LogP contribution in [0, 0.1) is 0 Å². The summed E-state index contributed by atoms with van der Waals surface area (Å²) in [4.78, 5) is 25.7. The lowest BCUT2D eigenvalue weighted by Crippen LogP contribution is -2.47. The van der Waals surface area contributed by atoms with E-state index < -0.39 is 17.6 Å². The van der Waals surface area contributed by atoms with Crippen molar-refractivity contribution in [3.05, 3.63) is 36.0 Å². The average Bonchev–Trinajstić information content (AvgIpc) is 2.81. The first-order valence-corrected chi connectivity index (χ1v) is 6.60. The number of carboxylic acid groups (broad SMARTS) is 1. The number of carbonyl (C=O) groups is 2. The van der Waals surface area contributed by atoms with Crippen molar-refractivity contribution >= 4 is 22.7 Å². The predicted molar refractivity (Wildman–Crippen MR) is 77.9 cm³/mol. The number of nitrogens with one attached hydrogen (secondary N) is 1. The fraction of sp³-hybridized carbons (Fsp3) is 0.333. The minimum absolute atomic E-state index is 0.118. The summed E-state index contributed by atoms with van der Waals surface area (Å²) in [6.07, 6.45) is 1.22. The van der Waals surface area contributed by atoms with Gasteiger partial charge in [0.25, 0.3) is 0 Å². The number of rotatable bonds is 6. The summed E-state index contributed by atoms with van der Waals surface area (Å²) in [6, 6.07) is 6.39. The molecule has 1 unspecified atom stereocenters. The highest BCUT2D eigenvalue weighted by atomic mass is 16.4. The van der Waals surface area contributed by atoms with Crippen LogP contribution < -0.4 is 5.73 Å². The van der Waals surface area contributed by atoms with Gasteiger partial charge in [-0.25, -0.2) is 4.79 Å². The number of aromatic amines is 1. The van der Waals surface area contributed by atoms with E-state index in [4.69, 9.17) is 5.73 Å². The Bertz CT molecular complexity index is 679. The molecule has 2 atom stereocenters. The van der Waals surface area contributed by atoms with E-state index in [1.807, 2.05) is 24.3 Å². The van der Waals surface area contributed by atoms with Gasteiger partial charge in [0.1, 0.15) is 5.78 Å². The summed E-state index contributed by atoms with van der Waals surface area (Å²) >= 11 is 0. The molecule has 2 rings (SSSR count). The second-order valence-electron chi connectivity index (χ2n) is 5.29. The van der Waals surface area contributed by atoms with Gasteiger partial charge < -0.3 is 20.9 Å². The number of hydrogen-bond donors (Lipinski definition) is 4. The Morgan fingerprint density at radius 2 is 2.05 bits per heavy atom. The largest absolute Gasteiger partial charge is 0.479 e. The number of nitrogens with two attached hydrogens (primary N) is 1. The Labute approximate surface area is 121 Å². The van der Waals surface area contributed by atoms with Gasteiger partial charge in [0.05, 0.1) is 6.04 Å². The molecule has 0 spiro atoms. The van der Waals surface area contributed by atoms with Crippen LogP contribution in [0.15, 0.2) is 30.5 Å². The molecule has 0 fully saturated rings. The summed E-state index contributed by atoms with van der Waals surface area (Å²) < 4.78 is 0. The fourth-order valence-electron chi connectivity index (χ4n) is 2.34. The van der Waals surface area contributed by atoms with Crippen LogP contribution in [0.5, 0.6) is 0 Å². The maximum atomic E-state index is 11.4. The fourth-order valence-corrected chi connectivity index (χ4v) is 2.34. The van der Waals surface area contributed by atoms with E-state index in [0.717, 1.165) is 10.9 Å². The van der Waals surface area contributed by atoms with Crippen LogP contribution in [0.1, 0.15) is 18.9 Å². The minimum atomic E-state index is -2.07. The van der Waals surface area contributed by atoms with E-state index >= 15 is 0 Å². The molecule has 5 N–H and O–H groups in total. The number of carboxylic acids is 1. The molecule has 0 aliphatic carbocycles. The van der Waals surface area contributed by atoms with Crippen molar-refractivity contribution in [2.75, 3.05) is 0 Å². The molecular formula is C15H18N2O4. The zero-order valence-corrected chi connectivity index (χ0v) is 11.7. The average molecular weight is 290 g/mol. The van der Waals surface area contributed by atoms with E-state index in [9.17, 15) is 19.8 Å². The Balaban J connectivity index is 2.31. The molecule has 1 heterocycles. The number of fused-ring (bicyclic) bond motifs is 1. The number of Topliss-reactive ketones (excluding diaryl/α,β-unsaturated/α-hetero) is 1. The number of hydrogen-bond acceptors (Lipinski definition) is 4. The van der Waals surface area contributed by atoms with Gasteiger partial charge in [-0.05, 0) is 18.6 Å². The molecule has 1 aromatic carbocycles. The highest BCUT2D eigenvalue weighted by Gasteiger charge is 2.39. The van der Waals surface area contributed by atoms with E-state index in [1.54, 1.807) is 6.20 Å². The second-order valence-corrected chi connectivity index (χ2v) is 5.29. The highest BCUT2D eigenvalue weighted by molar-refractivity contribution is 5.86. The highest BCUT2D eigenvalue weighted by Crippen LogP contribution is 2.25. The summed E-state index contributed by atoms with van der Waals surface area (Å²) in [6.45, 7) is 1.28. The normalized spacial score (nSPS) is 15.6. The number of ketones is 1. The van der Waals surface area contributed by atoms with Crippen LogP contribution in [0.4, 0.5) is 0 Å². The van der Waals surface area contributed by atoms with E-state index in [1.165, 1.54) is 6.92 Å². The van der Waals surface area contributed by atoms with Crippen molar-refractivity contribution in [2.45, 2.75) is 31.4 Å². The van der Waals surface area contributed by atoms with Crippen molar-refractivity contribution in [1.29, 1.82) is 0 Å². The molecule has 0 saturated carbocycles. The lowest BCUT2D eigenvalue weighted by atomic mass is 9.87. The third-order valence-electron chi connectivity index (χ3n) is 3.64. The molecule has 6 nitrogen and oxygen atoms in total. The first-order chi connectivity index (χ1) is 9.83. The van der Waals surface area contributed by atoms with Gasteiger partial charge in [-0.1, -0.05) is 18.2 Å². The second kappa shape index (κ2) is 5.67. The topological polar surface area (TPSA) is 116 Å². The zero-order chi connectivity index (χ0) is 15.6. The third-order valence-corrected chi connectivity index (χ3v) is 3.64. The van der Waals surface area contributed by atoms with Crippen molar-refractivity contribution < 1.29 is 19.8 Å². The van der Waals surface area contributed by atoms with Crippen LogP contribution in [0.2, 0.25) is 0 Å². The Morgan fingerprint density at radius 3 is 2.67 bits per heavy atom. The molecule has 0 saturated heterocycles. The number of para-hydroxylation sites is 1. The Morgan fingerprint density at radius 1 is 1.38 bits per heavy atom. The predicted octanol–water partition coefficient (Wildman–Crippen LogP) is 0.832. The lowest BCUT2D eigenvalue weighted by Gasteiger charge is -2.25. The minimum Gasteiger partial charge on any atom is -0.479 e. The molecule has 21 heavy (non-hydrogen) atoms. The van der Waals surface area contributed by atoms with Crippen LogP contribution in [-0.2, 0) is 16.0 Å². The number of benzene rings is 1. The molecule has 6 heteroatoms.